The molecule has 0 unspecified atom stereocenters. The van der Waals surface area contributed by atoms with Crippen LogP contribution < -0.4 is 0 Å². The first-order chi connectivity index (χ1) is 5.13. The summed E-state index contributed by atoms with van der Waals surface area (Å²) in [5, 5.41) is 0. The van der Waals surface area contributed by atoms with Gasteiger partial charge in [-0.05, 0) is 38.8 Å². The fourth-order valence-electron chi connectivity index (χ4n) is 0.441. The van der Waals surface area contributed by atoms with Crippen LogP contribution in [0.25, 0.3) is 0 Å². The van der Waals surface area contributed by atoms with Gasteiger partial charge in [0.1, 0.15) is 0 Å². The molecule has 0 amide bonds. The van der Waals surface area contributed by atoms with Gasteiger partial charge in [0.2, 0.25) is 0 Å². The highest BCUT2D eigenvalue weighted by Crippen LogP contribution is 1.91. The molecule has 0 radical (unpaired) electrons. The molecule has 0 rings (SSSR count). The molecule has 0 atom stereocenters. The molecule has 0 spiro atoms. The lowest BCUT2D eigenvalue weighted by atomic mass is 10.3. The highest BCUT2D eigenvalue weighted by molar-refractivity contribution is 6.18. The van der Waals surface area contributed by atoms with Crippen LogP contribution in [-0.4, -0.2) is 7.69 Å². The summed E-state index contributed by atoms with van der Waals surface area (Å²) in [5.74, 6) is 0. The Hall–Kier alpha value is -0.855. The minimum atomic E-state index is 0.288. The molecule has 0 aliphatic carbocycles. The first-order valence-corrected chi connectivity index (χ1v) is 3.63. The van der Waals surface area contributed by atoms with Crippen LogP contribution in [0.15, 0.2) is 23.7 Å². The molecule has 62 valence electrons. The molecule has 11 heavy (non-hydrogen) atoms. The highest BCUT2D eigenvalue weighted by Gasteiger charge is 1.86. The van der Waals surface area contributed by atoms with Crippen molar-refractivity contribution in [2.24, 2.45) is 0 Å². The van der Waals surface area contributed by atoms with Crippen molar-refractivity contribution in [1.29, 1.82) is 0 Å². The van der Waals surface area contributed by atoms with E-state index in [2.05, 4.69) is 0 Å². The lowest BCUT2D eigenvalue weighted by Gasteiger charge is -1.98. The summed E-state index contributed by atoms with van der Waals surface area (Å²) in [6.07, 6.45) is 3.36. The Morgan fingerprint density at radius 2 is 1.27 bits per heavy atom. The summed E-state index contributed by atoms with van der Waals surface area (Å²) < 4.78 is 10.0. The third-order valence-corrected chi connectivity index (χ3v) is 0.774. The van der Waals surface area contributed by atoms with E-state index >= 15 is 0 Å². The molecular formula is C8H15BO2. The van der Waals surface area contributed by atoms with Crippen LogP contribution in [0, 0.1) is 0 Å². The molecule has 0 aliphatic rings. The van der Waals surface area contributed by atoms with Crippen molar-refractivity contribution in [3.05, 3.63) is 23.7 Å². The first-order valence-electron chi connectivity index (χ1n) is 3.63. The lowest BCUT2D eigenvalue weighted by Crippen LogP contribution is -1.95. The number of hydrogen-bond acceptors (Lipinski definition) is 2. The topological polar surface area (TPSA) is 18.5 Å². The summed E-state index contributed by atoms with van der Waals surface area (Å²) >= 11 is 0. The first kappa shape index (κ1) is 10.1. The largest absolute Gasteiger partial charge is 0.575 e. The quantitative estimate of drug-likeness (QED) is 0.350. The normalized spacial score (nSPS) is 8.00. The zero-order chi connectivity index (χ0) is 8.69. The van der Waals surface area contributed by atoms with Crippen molar-refractivity contribution >= 4 is 7.69 Å². The summed E-state index contributed by atoms with van der Waals surface area (Å²) in [5.41, 5.74) is 2.26. The predicted octanol–water partition coefficient (Wildman–Crippen LogP) is 2.13. The van der Waals surface area contributed by atoms with Crippen molar-refractivity contribution in [2.75, 3.05) is 0 Å². The maximum absolute atomic E-state index is 5.02. The van der Waals surface area contributed by atoms with Crippen molar-refractivity contribution in [3.8, 4) is 0 Å². The van der Waals surface area contributed by atoms with Gasteiger partial charge in [-0.3, -0.25) is 0 Å². The molecular weight excluding hydrogens is 139 g/mol. The summed E-state index contributed by atoms with van der Waals surface area (Å²) in [4.78, 5) is 0. The molecule has 0 fully saturated rings. The molecule has 0 N–H and O–H groups in total. The van der Waals surface area contributed by atoms with Gasteiger partial charge >= 0.3 is 7.69 Å². The van der Waals surface area contributed by atoms with Gasteiger partial charge in [0, 0.05) is 0 Å². The minimum Gasteiger partial charge on any atom is -0.535 e. The Kier molecular flexibility index (Phi) is 5.44. The van der Waals surface area contributed by atoms with E-state index in [-0.39, 0.29) is 7.69 Å². The van der Waals surface area contributed by atoms with Crippen LogP contribution in [0.3, 0.4) is 0 Å². The van der Waals surface area contributed by atoms with E-state index in [1.807, 2.05) is 27.7 Å². The zero-order valence-electron chi connectivity index (χ0n) is 7.68. The molecule has 0 saturated carbocycles. The Bertz CT molecular complexity index is 135. The Morgan fingerprint density at radius 3 is 1.55 bits per heavy atom. The summed E-state index contributed by atoms with van der Waals surface area (Å²) in [7, 11) is 0.288. The van der Waals surface area contributed by atoms with Crippen molar-refractivity contribution in [2.45, 2.75) is 27.7 Å². The third-order valence-electron chi connectivity index (χ3n) is 0.774. The van der Waals surface area contributed by atoms with E-state index in [1.165, 1.54) is 0 Å². The standard InChI is InChI=1S/C8H15BO2/c1-7(2)5-10-9-11-6-8(3)4/h5-6,9H,1-4H3. The van der Waals surface area contributed by atoms with Gasteiger partial charge in [-0.2, -0.15) is 0 Å². The van der Waals surface area contributed by atoms with E-state index in [1.54, 1.807) is 12.5 Å². The fourth-order valence-corrected chi connectivity index (χ4v) is 0.441. The van der Waals surface area contributed by atoms with E-state index in [0.717, 1.165) is 11.1 Å². The number of rotatable bonds is 4. The lowest BCUT2D eigenvalue weighted by molar-refractivity contribution is 0.371. The molecule has 2 nitrogen and oxygen atoms in total. The Balaban J connectivity index is 3.29. The predicted molar refractivity (Wildman–Crippen MR) is 48.2 cm³/mol. The second-order valence-corrected chi connectivity index (χ2v) is 2.84. The molecule has 0 aromatic carbocycles. The molecule has 0 aliphatic heterocycles. The Morgan fingerprint density at radius 1 is 0.909 bits per heavy atom. The minimum absolute atomic E-state index is 0.288. The maximum atomic E-state index is 5.02. The van der Waals surface area contributed by atoms with Crippen LogP contribution in [0.4, 0.5) is 0 Å². The van der Waals surface area contributed by atoms with Gasteiger partial charge in [-0.25, -0.2) is 0 Å². The maximum Gasteiger partial charge on any atom is 0.575 e. The van der Waals surface area contributed by atoms with E-state index < -0.39 is 0 Å². The van der Waals surface area contributed by atoms with Gasteiger partial charge in [0.05, 0.1) is 12.5 Å². The summed E-state index contributed by atoms with van der Waals surface area (Å²) in [6.45, 7) is 7.89. The van der Waals surface area contributed by atoms with E-state index in [4.69, 9.17) is 9.31 Å². The molecule has 0 saturated heterocycles. The molecule has 0 aromatic heterocycles. The van der Waals surface area contributed by atoms with Crippen LogP contribution in [0.5, 0.6) is 0 Å². The average molecular weight is 154 g/mol. The molecule has 0 aromatic rings. The van der Waals surface area contributed by atoms with E-state index in [0.29, 0.717) is 0 Å². The number of allylic oxidation sites excluding steroid dienone is 2. The molecule has 0 heterocycles. The zero-order valence-corrected chi connectivity index (χ0v) is 7.68. The van der Waals surface area contributed by atoms with Crippen LogP contribution >= 0.6 is 0 Å². The van der Waals surface area contributed by atoms with Crippen LogP contribution in [0.2, 0.25) is 0 Å². The van der Waals surface area contributed by atoms with Gasteiger partial charge < -0.3 is 9.31 Å². The SMILES string of the molecule is CC(C)=COBOC=C(C)C. The smallest absolute Gasteiger partial charge is 0.535 e. The monoisotopic (exact) mass is 154 g/mol. The van der Waals surface area contributed by atoms with Crippen LogP contribution in [-0.2, 0) is 9.31 Å². The molecule has 0 bridgehead atoms. The second-order valence-electron chi connectivity index (χ2n) is 2.84. The Labute approximate surface area is 69.2 Å². The van der Waals surface area contributed by atoms with Gasteiger partial charge in [0.25, 0.3) is 0 Å². The van der Waals surface area contributed by atoms with Gasteiger partial charge in [-0.15, -0.1) is 0 Å². The fraction of sp³-hybridized carbons (Fsp3) is 0.500. The van der Waals surface area contributed by atoms with Crippen molar-refractivity contribution in [1.82, 2.24) is 0 Å². The second kappa shape index (κ2) is 5.89. The molecule has 3 heteroatoms. The summed E-state index contributed by atoms with van der Waals surface area (Å²) in [6, 6.07) is 0. The van der Waals surface area contributed by atoms with Crippen molar-refractivity contribution < 1.29 is 9.31 Å². The van der Waals surface area contributed by atoms with Crippen LogP contribution in [0.1, 0.15) is 27.7 Å². The van der Waals surface area contributed by atoms with Gasteiger partial charge in [-0.1, -0.05) is 0 Å². The van der Waals surface area contributed by atoms with Gasteiger partial charge in [0.15, 0.2) is 0 Å². The highest BCUT2D eigenvalue weighted by atomic mass is 16.6. The third kappa shape index (κ3) is 9.14. The average Bonchev–Trinajstić information content (AvgIpc) is 1.85. The van der Waals surface area contributed by atoms with Crippen molar-refractivity contribution in [3.63, 3.8) is 0 Å². The number of hydrogen-bond donors (Lipinski definition) is 0. The van der Waals surface area contributed by atoms with E-state index in [9.17, 15) is 0 Å².